The Morgan fingerprint density at radius 2 is 1.80 bits per heavy atom. The van der Waals surface area contributed by atoms with Gasteiger partial charge in [-0.25, -0.2) is 19.3 Å². The van der Waals surface area contributed by atoms with Gasteiger partial charge in [-0.15, -0.1) is 16.4 Å². The number of carbonyl (C=O) groups is 5. The van der Waals surface area contributed by atoms with E-state index in [1.165, 1.54) is 24.3 Å². The van der Waals surface area contributed by atoms with Crippen molar-refractivity contribution in [2.75, 3.05) is 25.7 Å². The summed E-state index contributed by atoms with van der Waals surface area (Å²) in [5.41, 5.74) is 5.62. The molecule has 1 saturated heterocycles. The number of oxime groups is 1. The second-order valence-corrected chi connectivity index (χ2v) is 14.3. The monoisotopic (exact) mass is 744 g/mol. The lowest BCUT2D eigenvalue weighted by molar-refractivity contribution is -0.150. The van der Waals surface area contributed by atoms with Crippen molar-refractivity contribution in [1.82, 2.24) is 30.0 Å². The minimum atomic E-state index is -1.35. The number of esters is 1. The number of aliphatic carboxylic acids is 2. The maximum Gasteiger partial charge on any atom is 0.376 e. The Hall–Kier alpha value is -5.21. The Bertz CT molecular complexity index is 1900. The maximum absolute atomic E-state index is 13.2. The molecule has 2 atom stereocenters. The molecule has 0 saturated carbocycles. The summed E-state index contributed by atoms with van der Waals surface area (Å²) in [6, 6.07) is 7.76. The number of allylic oxidation sites excluding steroid dienone is 1. The number of amides is 2. The smallest absolute Gasteiger partial charge is 0.376 e. The van der Waals surface area contributed by atoms with Crippen LogP contribution in [0, 0.1) is 5.41 Å². The molecule has 2 aliphatic heterocycles. The van der Waals surface area contributed by atoms with E-state index in [1.54, 1.807) is 45.0 Å². The van der Waals surface area contributed by atoms with Gasteiger partial charge in [-0.2, -0.15) is 4.98 Å². The number of ether oxygens (including phenoxy) is 1. The standard InChI is InChI=1S/C25H22N8O7S3.C5H10O2/c1-11-13(9-42-25-29-18(23(38)39-2)33(30-25)12-7-5-4-6-8-12)17(22(36)37)32-20(35)16(21(32)43-11)28-19(34)15(31-40-3)14-10-41-24(26)27-14;1-5(2,3)4(6)7/h4-8,10,16,21H,1,9H2,2-3H3,(H2,26,27)(H,28,34)(H,36,37);1-3H3,(H,6,7)/b31-15-;/t16-,21-;/m1./s1. The number of β-lactam (4-membered cyclic amide) rings is 1. The van der Waals surface area contributed by atoms with Crippen LogP contribution in [0.1, 0.15) is 37.1 Å². The van der Waals surface area contributed by atoms with E-state index < -0.39 is 46.6 Å². The summed E-state index contributed by atoms with van der Waals surface area (Å²) in [6.07, 6.45) is 0. The van der Waals surface area contributed by atoms with Crippen LogP contribution in [0.4, 0.5) is 5.13 Å². The van der Waals surface area contributed by atoms with Crippen LogP contribution >= 0.6 is 34.9 Å². The van der Waals surface area contributed by atoms with Crippen LogP contribution in [0.25, 0.3) is 5.69 Å². The molecule has 0 radical (unpaired) electrons. The maximum atomic E-state index is 13.2. The third-order valence-corrected chi connectivity index (χ3v) is 9.56. The van der Waals surface area contributed by atoms with E-state index in [9.17, 15) is 29.1 Å². The highest BCUT2D eigenvalue weighted by Gasteiger charge is 2.55. The average Bonchev–Trinajstić information content (AvgIpc) is 3.71. The predicted octanol–water partition coefficient (Wildman–Crippen LogP) is 2.60. The highest BCUT2D eigenvalue weighted by Crippen LogP contribution is 2.47. The number of anilines is 1. The van der Waals surface area contributed by atoms with Gasteiger partial charge in [0.1, 0.15) is 29.9 Å². The molecule has 5 N–H and O–H groups in total. The quantitative estimate of drug-likeness (QED) is 0.0767. The molecule has 0 spiro atoms. The van der Waals surface area contributed by atoms with Gasteiger partial charge in [0.25, 0.3) is 11.8 Å². The fourth-order valence-electron chi connectivity index (χ4n) is 4.20. The van der Waals surface area contributed by atoms with Gasteiger partial charge >= 0.3 is 17.9 Å². The zero-order valence-corrected chi connectivity index (χ0v) is 29.7. The summed E-state index contributed by atoms with van der Waals surface area (Å²) in [7, 11) is 2.48. The Labute approximate surface area is 297 Å². The highest BCUT2D eigenvalue weighted by atomic mass is 32.2. The van der Waals surface area contributed by atoms with Crippen LogP contribution in [0.3, 0.4) is 0 Å². The molecule has 20 heteroatoms. The molecule has 1 fully saturated rings. The number of carboxylic acids is 2. The van der Waals surface area contributed by atoms with Crippen LogP contribution in [-0.4, -0.2) is 102 Å². The number of rotatable bonds is 10. The fourth-order valence-corrected chi connectivity index (χ4v) is 6.95. The minimum Gasteiger partial charge on any atom is -0.481 e. The Balaban J connectivity index is 0.000000727. The largest absolute Gasteiger partial charge is 0.481 e. The number of hydrogen-bond acceptors (Lipinski definition) is 15. The highest BCUT2D eigenvalue weighted by molar-refractivity contribution is 8.04. The van der Waals surface area contributed by atoms with Crippen molar-refractivity contribution in [1.29, 1.82) is 0 Å². The van der Waals surface area contributed by atoms with Gasteiger partial charge in [-0.1, -0.05) is 53.5 Å². The van der Waals surface area contributed by atoms with Gasteiger partial charge in [0.05, 0.1) is 18.2 Å². The number of aromatic nitrogens is 4. The third kappa shape index (κ3) is 8.14. The number of nitrogens with zero attached hydrogens (tertiary/aromatic N) is 6. The number of nitrogens with two attached hydrogens (primary N) is 1. The first-order valence-corrected chi connectivity index (χ1v) is 17.1. The van der Waals surface area contributed by atoms with Crippen LogP contribution in [0.15, 0.2) is 68.8 Å². The van der Waals surface area contributed by atoms with E-state index in [-0.39, 0.29) is 44.5 Å². The molecular formula is C30H32N8O9S3. The molecule has 0 unspecified atom stereocenters. The van der Waals surface area contributed by atoms with Crippen molar-refractivity contribution < 1.29 is 43.8 Å². The first-order chi connectivity index (χ1) is 23.6. The van der Waals surface area contributed by atoms with E-state index in [1.807, 2.05) is 6.07 Å². The molecule has 1 aromatic carbocycles. The zero-order valence-electron chi connectivity index (χ0n) is 27.3. The first kappa shape index (κ1) is 37.6. The van der Waals surface area contributed by atoms with Gasteiger partial charge in [0, 0.05) is 21.6 Å². The van der Waals surface area contributed by atoms with Crippen molar-refractivity contribution >= 4 is 75.4 Å². The van der Waals surface area contributed by atoms with Gasteiger partial charge in [-0.05, 0) is 32.9 Å². The molecule has 2 aliphatic rings. The van der Waals surface area contributed by atoms with Crippen molar-refractivity contribution in [2.24, 2.45) is 10.6 Å². The topological polar surface area (TPSA) is 242 Å². The molecular weight excluding hydrogens is 713 g/mol. The van der Waals surface area contributed by atoms with Crippen LogP contribution in [-0.2, 0) is 28.8 Å². The number of thioether (sulfide) groups is 2. The Morgan fingerprint density at radius 3 is 2.34 bits per heavy atom. The van der Waals surface area contributed by atoms with E-state index in [2.05, 4.69) is 32.1 Å². The van der Waals surface area contributed by atoms with Gasteiger partial charge in [0.15, 0.2) is 10.8 Å². The molecule has 4 heterocycles. The molecule has 264 valence electrons. The summed E-state index contributed by atoms with van der Waals surface area (Å²) in [4.78, 5) is 75.5. The number of para-hydroxylation sites is 1. The van der Waals surface area contributed by atoms with Gasteiger partial charge in [0.2, 0.25) is 11.0 Å². The molecule has 2 aromatic heterocycles. The minimum absolute atomic E-state index is 0.0241. The van der Waals surface area contributed by atoms with E-state index in [0.717, 1.165) is 39.8 Å². The number of fused-ring (bicyclic) bond motifs is 1. The Kier molecular flexibility index (Phi) is 11.7. The van der Waals surface area contributed by atoms with E-state index >= 15 is 0 Å². The number of nitrogen functional groups attached to an aromatic ring is 1. The van der Waals surface area contributed by atoms with E-state index in [4.69, 9.17) is 20.4 Å². The van der Waals surface area contributed by atoms with Crippen LogP contribution < -0.4 is 11.1 Å². The van der Waals surface area contributed by atoms with Crippen molar-refractivity contribution in [2.45, 2.75) is 37.3 Å². The van der Waals surface area contributed by atoms with Crippen molar-refractivity contribution in [3.63, 3.8) is 0 Å². The number of benzene rings is 1. The molecule has 3 aromatic rings. The first-order valence-electron chi connectivity index (χ1n) is 14.3. The molecule has 5 rings (SSSR count). The SMILES string of the molecule is C=C1S[C@@H]2[C@H](NC(=O)/C(=N\OC)c3csc(N)n3)C(=O)N2C(C(=O)O)=C1CSc1nc(C(=O)OC)n(-c2ccccc2)n1.CC(C)(C)C(=O)O. The van der Waals surface area contributed by atoms with Crippen LogP contribution in [0.5, 0.6) is 0 Å². The summed E-state index contributed by atoms with van der Waals surface area (Å²) in [5.74, 6) is -4.23. The molecule has 17 nitrogen and oxygen atoms in total. The predicted molar refractivity (Wildman–Crippen MR) is 185 cm³/mol. The van der Waals surface area contributed by atoms with Gasteiger partial charge < -0.3 is 30.8 Å². The summed E-state index contributed by atoms with van der Waals surface area (Å²) >= 11 is 3.28. The number of carboxylic acid groups (broad SMARTS) is 2. The molecule has 2 amide bonds. The fraction of sp³-hybridized carbons (Fsp3) is 0.300. The second-order valence-electron chi connectivity index (χ2n) is 11.2. The molecule has 50 heavy (non-hydrogen) atoms. The molecule has 0 aliphatic carbocycles. The van der Waals surface area contributed by atoms with Crippen molar-refractivity contribution in [3.05, 3.63) is 70.0 Å². The summed E-state index contributed by atoms with van der Waals surface area (Å²) in [5, 5.41) is 30.2. The second kappa shape index (κ2) is 15.6. The average molecular weight is 745 g/mol. The van der Waals surface area contributed by atoms with Crippen LogP contribution in [0.2, 0.25) is 0 Å². The summed E-state index contributed by atoms with van der Waals surface area (Å²) in [6.45, 7) is 9.00. The number of nitrogens with one attached hydrogen (secondary N) is 1. The zero-order chi connectivity index (χ0) is 36.9. The Morgan fingerprint density at radius 1 is 1.14 bits per heavy atom. The number of thiazole rings is 1. The number of methoxy groups -OCH3 is 1. The molecule has 0 bridgehead atoms. The van der Waals surface area contributed by atoms with Gasteiger partial charge in [-0.3, -0.25) is 19.3 Å². The summed E-state index contributed by atoms with van der Waals surface area (Å²) < 4.78 is 6.16. The normalized spacial score (nSPS) is 17.2. The lowest BCUT2D eigenvalue weighted by Crippen LogP contribution is -2.70. The number of hydrogen-bond donors (Lipinski definition) is 4. The lowest BCUT2D eigenvalue weighted by atomic mass is 9.98. The van der Waals surface area contributed by atoms with Crippen molar-refractivity contribution in [3.8, 4) is 5.69 Å². The number of carbonyl (C=O) groups excluding carboxylic acids is 3. The lowest BCUT2D eigenvalue weighted by Gasteiger charge is -2.49. The third-order valence-electron chi connectivity index (χ3n) is 6.76. The van der Waals surface area contributed by atoms with E-state index in [0.29, 0.717) is 10.6 Å².